The van der Waals surface area contributed by atoms with Gasteiger partial charge < -0.3 is 31.2 Å². The fourth-order valence-electron chi connectivity index (χ4n) is 5.36. The number of rotatable bonds is 4. The van der Waals surface area contributed by atoms with Gasteiger partial charge in [0.05, 0.1) is 16.9 Å². The van der Waals surface area contributed by atoms with E-state index in [9.17, 15) is 10.2 Å². The number of nitrogen functional groups attached to an aromatic ring is 2. The molecule has 7 aromatic rings. The molecule has 0 spiro atoms. The van der Waals surface area contributed by atoms with Crippen molar-refractivity contribution in [3.8, 4) is 70.0 Å². The van der Waals surface area contributed by atoms with Crippen molar-refractivity contribution in [2.45, 2.75) is 0 Å². The predicted molar refractivity (Wildman–Crippen MR) is 206 cm³/mol. The standard InChI is InChI=1S/C46H30N2O4/c47-40-24-22-37(29-42(40)49)51-44-27-34(17-16-31-10-4-1-5-11-31)26-39-45(44)35(20-18-32-12-6-2-7-13-32)28-36(21-19-33-14-8-3-9-15-33)46(39)52-38-23-25-41(48)43(50)30-38/h1-15,22-30,49-50H,47-48H2. The number of anilines is 2. The first-order valence-electron chi connectivity index (χ1n) is 16.3. The van der Waals surface area contributed by atoms with Crippen LogP contribution < -0.4 is 20.9 Å². The highest BCUT2D eigenvalue weighted by atomic mass is 16.5. The highest BCUT2D eigenvalue weighted by Crippen LogP contribution is 2.43. The van der Waals surface area contributed by atoms with E-state index in [1.165, 1.54) is 12.1 Å². The summed E-state index contributed by atoms with van der Waals surface area (Å²) in [6, 6.07) is 43.9. The first-order chi connectivity index (χ1) is 25.4. The number of phenols is 2. The zero-order chi connectivity index (χ0) is 35.9. The largest absolute Gasteiger partial charge is 0.506 e. The fourth-order valence-corrected chi connectivity index (χ4v) is 5.36. The molecule has 6 nitrogen and oxygen atoms in total. The van der Waals surface area contributed by atoms with Gasteiger partial charge in [-0.3, -0.25) is 0 Å². The molecule has 0 unspecified atom stereocenters. The van der Waals surface area contributed by atoms with Crippen LogP contribution in [0, 0.1) is 35.5 Å². The number of hydrogen-bond donors (Lipinski definition) is 4. The van der Waals surface area contributed by atoms with Crippen LogP contribution in [0.15, 0.2) is 146 Å². The highest BCUT2D eigenvalue weighted by Gasteiger charge is 2.19. The van der Waals surface area contributed by atoms with Crippen LogP contribution in [0.4, 0.5) is 11.4 Å². The Labute approximate surface area is 301 Å². The quantitative estimate of drug-likeness (QED) is 0.0842. The Morgan fingerprint density at radius 2 is 0.885 bits per heavy atom. The third-order valence-corrected chi connectivity index (χ3v) is 7.96. The second-order valence-corrected chi connectivity index (χ2v) is 11.7. The van der Waals surface area contributed by atoms with Crippen molar-refractivity contribution >= 4 is 22.1 Å². The van der Waals surface area contributed by atoms with Gasteiger partial charge in [-0.05, 0) is 78.9 Å². The molecule has 0 saturated carbocycles. The van der Waals surface area contributed by atoms with Crippen LogP contribution in [0.3, 0.4) is 0 Å². The fraction of sp³-hybridized carbons (Fsp3) is 0. The van der Waals surface area contributed by atoms with Crippen LogP contribution in [-0.2, 0) is 0 Å². The van der Waals surface area contributed by atoms with E-state index in [0.717, 1.165) is 16.7 Å². The van der Waals surface area contributed by atoms with E-state index < -0.39 is 0 Å². The van der Waals surface area contributed by atoms with Crippen LogP contribution in [0.2, 0.25) is 0 Å². The third kappa shape index (κ3) is 7.61. The van der Waals surface area contributed by atoms with Gasteiger partial charge in [-0.2, -0.15) is 0 Å². The van der Waals surface area contributed by atoms with Crippen LogP contribution in [-0.4, -0.2) is 10.2 Å². The molecule has 6 N–H and O–H groups in total. The Hall–Kier alpha value is -7.72. The summed E-state index contributed by atoms with van der Waals surface area (Å²) in [5, 5.41) is 22.2. The average molecular weight is 675 g/mol. The van der Waals surface area contributed by atoms with E-state index in [0.29, 0.717) is 50.5 Å². The van der Waals surface area contributed by atoms with E-state index in [-0.39, 0.29) is 22.9 Å². The number of ether oxygens (including phenoxy) is 2. The van der Waals surface area contributed by atoms with Crippen molar-refractivity contribution in [3.63, 3.8) is 0 Å². The van der Waals surface area contributed by atoms with Crippen molar-refractivity contribution in [3.05, 3.63) is 179 Å². The van der Waals surface area contributed by atoms with Crippen LogP contribution in [0.25, 0.3) is 10.8 Å². The summed E-state index contributed by atoms with van der Waals surface area (Å²) >= 11 is 0. The minimum atomic E-state index is -0.120. The molecule has 0 bridgehead atoms. The van der Waals surface area contributed by atoms with Crippen LogP contribution in [0.5, 0.6) is 34.5 Å². The number of nitrogens with two attached hydrogens (primary N) is 2. The highest BCUT2D eigenvalue weighted by molar-refractivity contribution is 6.01. The van der Waals surface area contributed by atoms with Gasteiger partial charge in [-0.1, -0.05) is 90.1 Å². The summed E-state index contributed by atoms with van der Waals surface area (Å²) < 4.78 is 13.1. The van der Waals surface area contributed by atoms with E-state index in [1.54, 1.807) is 24.3 Å². The molecule has 6 heteroatoms. The van der Waals surface area contributed by atoms with Crippen molar-refractivity contribution in [2.75, 3.05) is 11.5 Å². The second kappa shape index (κ2) is 14.8. The summed E-state index contributed by atoms with van der Waals surface area (Å²) in [4.78, 5) is 0. The summed E-state index contributed by atoms with van der Waals surface area (Å²) in [5.41, 5.74) is 16.5. The zero-order valence-corrected chi connectivity index (χ0v) is 27.7. The molecule has 0 aromatic heterocycles. The third-order valence-electron chi connectivity index (χ3n) is 7.96. The monoisotopic (exact) mass is 674 g/mol. The molecule has 0 aliphatic heterocycles. The summed E-state index contributed by atoms with van der Waals surface area (Å²) in [5.74, 6) is 21.0. The Kier molecular flexibility index (Phi) is 9.34. The number of hydrogen-bond acceptors (Lipinski definition) is 6. The van der Waals surface area contributed by atoms with Gasteiger partial charge >= 0.3 is 0 Å². The summed E-state index contributed by atoms with van der Waals surface area (Å²) in [6.07, 6.45) is 0. The zero-order valence-electron chi connectivity index (χ0n) is 27.7. The lowest BCUT2D eigenvalue weighted by molar-refractivity contribution is 0.456. The van der Waals surface area contributed by atoms with Gasteiger partial charge in [-0.25, -0.2) is 0 Å². The van der Waals surface area contributed by atoms with Crippen molar-refractivity contribution in [2.24, 2.45) is 0 Å². The molecule has 0 aliphatic carbocycles. The topological polar surface area (TPSA) is 111 Å². The molecular weight excluding hydrogens is 645 g/mol. The smallest absolute Gasteiger partial charge is 0.151 e. The lowest BCUT2D eigenvalue weighted by Gasteiger charge is -2.17. The van der Waals surface area contributed by atoms with Gasteiger partial charge in [0.1, 0.15) is 28.7 Å². The Balaban J connectivity index is 1.54. The van der Waals surface area contributed by atoms with Crippen molar-refractivity contribution in [1.82, 2.24) is 0 Å². The minimum absolute atomic E-state index is 0.114. The lowest BCUT2D eigenvalue weighted by atomic mass is 9.96. The molecular formula is C46H30N2O4. The first-order valence-corrected chi connectivity index (χ1v) is 16.3. The SMILES string of the molecule is Nc1ccc(Oc2c(C#Cc3ccccc3)cc(C#Cc3ccccc3)c3c(Oc4ccc(N)c(O)c4)cc(C#Cc4ccccc4)cc23)cc1O. The van der Waals surface area contributed by atoms with Crippen molar-refractivity contribution < 1.29 is 19.7 Å². The number of fused-ring (bicyclic) bond motifs is 1. The molecule has 0 fully saturated rings. The van der Waals surface area contributed by atoms with Gasteiger partial charge in [0.2, 0.25) is 0 Å². The molecule has 0 saturated heterocycles. The maximum absolute atomic E-state index is 10.5. The molecule has 0 heterocycles. The van der Waals surface area contributed by atoms with E-state index in [1.807, 2.05) is 109 Å². The van der Waals surface area contributed by atoms with E-state index in [2.05, 4.69) is 35.5 Å². The first kappa shape index (κ1) is 32.8. The summed E-state index contributed by atoms with van der Waals surface area (Å²) in [6.45, 7) is 0. The Bertz CT molecular complexity index is 2620. The number of benzene rings is 7. The van der Waals surface area contributed by atoms with Crippen LogP contribution in [0.1, 0.15) is 33.4 Å². The molecule has 0 amide bonds. The lowest BCUT2D eigenvalue weighted by Crippen LogP contribution is -1.97. The molecule has 0 radical (unpaired) electrons. The summed E-state index contributed by atoms with van der Waals surface area (Å²) in [7, 11) is 0. The van der Waals surface area contributed by atoms with Gasteiger partial charge in [0.25, 0.3) is 0 Å². The Morgan fingerprint density at radius 3 is 1.40 bits per heavy atom. The van der Waals surface area contributed by atoms with Gasteiger partial charge in [0.15, 0.2) is 5.75 Å². The molecule has 0 aliphatic rings. The molecule has 7 aromatic carbocycles. The van der Waals surface area contributed by atoms with E-state index in [4.69, 9.17) is 20.9 Å². The predicted octanol–water partition coefficient (Wildman–Crippen LogP) is 9.20. The van der Waals surface area contributed by atoms with E-state index >= 15 is 0 Å². The molecule has 7 rings (SSSR count). The van der Waals surface area contributed by atoms with Crippen LogP contribution >= 0.6 is 0 Å². The van der Waals surface area contributed by atoms with Crippen molar-refractivity contribution in [1.29, 1.82) is 0 Å². The normalized spacial score (nSPS) is 10.2. The molecule has 248 valence electrons. The average Bonchev–Trinajstić information content (AvgIpc) is 3.17. The minimum Gasteiger partial charge on any atom is -0.506 e. The second-order valence-electron chi connectivity index (χ2n) is 11.7. The maximum Gasteiger partial charge on any atom is 0.151 e. The maximum atomic E-state index is 10.5. The Morgan fingerprint density at radius 1 is 0.423 bits per heavy atom. The van der Waals surface area contributed by atoms with Gasteiger partial charge in [0, 0.05) is 50.7 Å². The number of aromatic hydroxyl groups is 2. The van der Waals surface area contributed by atoms with Gasteiger partial charge in [-0.15, -0.1) is 0 Å². The number of phenolic OH excluding ortho intramolecular Hbond substituents is 2. The molecule has 0 atom stereocenters. The molecule has 52 heavy (non-hydrogen) atoms.